The van der Waals surface area contributed by atoms with E-state index in [-0.39, 0.29) is 19.4 Å². The first-order valence-electron chi connectivity index (χ1n) is 7.72. The van der Waals surface area contributed by atoms with Crippen molar-refractivity contribution < 1.29 is 34.2 Å². The van der Waals surface area contributed by atoms with E-state index < -0.39 is 54.2 Å². The number of rotatable bonds is 9. The number of carbonyl (C=O) groups excluding carboxylic acids is 3. The standard InChI is InChI=1S/C14H22N4O7/c15-7(3-4-10(16)19)13(23)18-5-1-2-9(18)12(22)17-8(14(24)25)6-11(20)21/h7-9H,1-6,15H2,(H2,16,19)(H,17,22)(H,20,21)(H,24,25). The lowest BCUT2D eigenvalue weighted by molar-refractivity contribution is -0.148. The van der Waals surface area contributed by atoms with Crippen LogP contribution in [0.5, 0.6) is 0 Å². The van der Waals surface area contributed by atoms with Crippen molar-refractivity contribution in [2.24, 2.45) is 11.5 Å². The molecule has 1 rings (SSSR count). The van der Waals surface area contributed by atoms with Crippen LogP contribution in [0.3, 0.4) is 0 Å². The summed E-state index contributed by atoms with van der Waals surface area (Å²) in [7, 11) is 0. The molecule has 0 saturated carbocycles. The van der Waals surface area contributed by atoms with Gasteiger partial charge < -0.3 is 31.9 Å². The number of amides is 3. The van der Waals surface area contributed by atoms with Gasteiger partial charge in [0.1, 0.15) is 12.1 Å². The zero-order chi connectivity index (χ0) is 19.1. The number of carbonyl (C=O) groups is 5. The second-order valence-electron chi connectivity index (χ2n) is 5.80. The van der Waals surface area contributed by atoms with Gasteiger partial charge in [-0.05, 0) is 19.3 Å². The Morgan fingerprint density at radius 3 is 2.36 bits per heavy atom. The number of hydrogen-bond acceptors (Lipinski definition) is 6. The summed E-state index contributed by atoms with van der Waals surface area (Å²) in [5, 5.41) is 19.8. The number of hydrogen-bond donors (Lipinski definition) is 5. The lowest BCUT2D eigenvalue weighted by atomic mass is 10.1. The van der Waals surface area contributed by atoms with E-state index in [1.807, 2.05) is 0 Å². The Bertz CT molecular complexity index is 565. The molecule has 0 aliphatic carbocycles. The van der Waals surface area contributed by atoms with Crippen molar-refractivity contribution in [3.63, 3.8) is 0 Å². The highest BCUT2D eigenvalue weighted by Gasteiger charge is 2.37. The molecule has 1 aliphatic heterocycles. The normalized spacial score (nSPS) is 19.1. The van der Waals surface area contributed by atoms with Crippen LogP contribution in [-0.4, -0.2) is 69.4 Å². The van der Waals surface area contributed by atoms with E-state index in [0.717, 1.165) is 0 Å². The second-order valence-corrected chi connectivity index (χ2v) is 5.80. The Morgan fingerprint density at radius 2 is 1.84 bits per heavy atom. The van der Waals surface area contributed by atoms with Crippen LogP contribution in [0.1, 0.15) is 32.1 Å². The first-order valence-corrected chi connectivity index (χ1v) is 7.72. The molecule has 0 radical (unpaired) electrons. The summed E-state index contributed by atoms with van der Waals surface area (Å²) in [6.07, 6.45) is 0.00943. The first kappa shape index (κ1) is 20.4. The highest BCUT2D eigenvalue weighted by atomic mass is 16.4. The Hall–Kier alpha value is -2.69. The lowest BCUT2D eigenvalue weighted by Crippen LogP contribution is -2.54. The van der Waals surface area contributed by atoms with Gasteiger partial charge in [-0.3, -0.25) is 19.2 Å². The van der Waals surface area contributed by atoms with Crippen LogP contribution in [0, 0.1) is 0 Å². The smallest absolute Gasteiger partial charge is 0.326 e. The van der Waals surface area contributed by atoms with Gasteiger partial charge in [-0.1, -0.05) is 0 Å². The molecule has 0 spiro atoms. The van der Waals surface area contributed by atoms with Crippen LogP contribution in [0.4, 0.5) is 0 Å². The number of aliphatic carboxylic acids is 2. The third-order valence-corrected chi connectivity index (χ3v) is 3.85. The summed E-state index contributed by atoms with van der Waals surface area (Å²) < 4.78 is 0. The van der Waals surface area contributed by atoms with Gasteiger partial charge in [-0.2, -0.15) is 0 Å². The largest absolute Gasteiger partial charge is 0.481 e. The summed E-state index contributed by atoms with van der Waals surface area (Å²) in [5.74, 6) is -4.74. The first-order chi connectivity index (χ1) is 11.6. The van der Waals surface area contributed by atoms with E-state index in [1.165, 1.54) is 4.90 Å². The number of carboxylic acids is 2. The van der Waals surface area contributed by atoms with Gasteiger partial charge in [0, 0.05) is 13.0 Å². The summed E-state index contributed by atoms with van der Waals surface area (Å²) in [5.41, 5.74) is 10.7. The molecule has 25 heavy (non-hydrogen) atoms. The van der Waals surface area contributed by atoms with Crippen molar-refractivity contribution >= 4 is 29.7 Å². The molecule has 0 aromatic heterocycles. The van der Waals surface area contributed by atoms with E-state index in [2.05, 4.69) is 5.32 Å². The number of primary amides is 1. The number of nitrogens with zero attached hydrogens (tertiary/aromatic N) is 1. The summed E-state index contributed by atoms with van der Waals surface area (Å²) in [6.45, 7) is 0.262. The third-order valence-electron chi connectivity index (χ3n) is 3.85. The Balaban J connectivity index is 2.73. The summed E-state index contributed by atoms with van der Waals surface area (Å²) >= 11 is 0. The molecule has 140 valence electrons. The monoisotopic (exact) mass is 358 g/mol. The van der Waals surface area contributed by atoms with Crippen LogP contribution >= 0.6 is 0 Å². The van der Waals surface area contributed by atoms with E-state index in [9.17, 15) is 24.0 Å². The van der Waals surface area contributed by atoms with Crippen molar-refractivity contribution in [3.8, 4) is 0 Å². The van der Waals surface area contributed by atoms with Gasteiger partial charge >= 0.3 is 11.9 Å². The quantitative estimate of drug-likeness (QED) is 0.301. The van der Waals surface area contributed by atoms with E-state index in [1.54, 1.807) is 0 Å². The minimum atomic E-state index is -1.59. The second kappa shape index (κ2) is 8.97. The highest BCUT2D eigenvalue weighted by molar-refractivity contribution is 5.93. The number of carboxylic acid groups (broad SMARTS) is 2. The number of likely N-dealkylation sites (tertiary alicyclic amines) is 1. The van der Waals surface area contributed by atoms with Crippen molar-refractivity contribution in [2.75, 3.05) is 6.54 Å². The fraction of sp³-hybridized carbons (Fsp3) is 0.643. The predicted octanol–water partition coefficient (Wildman–Crippen LogP) is -2.39. The van der Waals surface area contributed by atoms with Crippen LogP contribution in [0.25, 0.3) is 0 Å². The lowest BCUT2D eigenvalue weighted by Gasteiger charge is -2.27. The minimum Gasteiger partial charge on any atom is -0.481 e. The van der Waals surface area contributed by atoms with Crippen LogP contribution in [-0.2, 0) is 24.0 Å². The molecule has 1 fully saturated rings. The van der Waals surface area contributed by atoms with Crippen molar-refractivity contribution in [3.05, 3.63) is 0 Å². The molecule has 11 heteroatoms. The fourth-order valence-electron chi connectivity index (χ4n) is 2.58. The maximum Gasteiger partial charge on any atom is 0.326 e. The average molecular weight is 358 g/mol. The topological polar surface area (TPSA) is 193 Å². The Morgan fingerprint density at radius 1 is 1.20 bits per heavy atom. The molecule has 1 saturated heterocycles. The molecule has 0 aromatic carbocycles. The zero-order valence-corrected chi connectivity index (χ0v) is 13.5. The predicted molar refractivity (Wildman–Crippen MR) is 83.0 cm³/mol. The minimum absolute atomic E-state index is 0.0375. The average Bonchev–Trinajstić information content (AvgIpc) is 3.00. The van der Waals surface area contributed by atoms with Gasteiger partial charge in [-0.15, -0.1) is 0 Å². The molecule has 0 bridgehead atoms. The molecule has 1 heterocycles. The summed E-state index contributed by atoms with van der Waals surface area (Å²) in [4.78, 5) is 58.3. The zero-order valence-electron chi connectivity index (χ0n) is 13.5. The van der Waals surface area contributed by atoms with Gasteiger partial charge in [0.2, 0.25) is 17.7 Å². The van der Waals surface area contributed by atoms with Crippen LogP contribution < -0.4 is 16.8 Å². The van der Waals surface area contributed by atoms with Crippen molar-refractivity contribution in [1.29, 1.82) is 0 Å². The molecule has 3 unspecified atom stereocenters. The molecular weight excluding hydrogens is 336 g/mol. The highest BCUT2D eigenvalue weighted by Crippen LogP contribution is 2.19. The van der Waals surface area contributed by atoms with Gasteiger partial charge in [-0.25, -0.2) is 4.79 Å². The molecule has 3 atom stereocenters. The molecule has 1 aliphatic rings. The molecule has 3 amide bonds. The Labute approximate surface area is 143 Å². The molecule has 0 aromatic rings. The Kier molecular flexibility index (Phi) is 7.30. The molecular formula is C14H22N4O7. The number of nitrogens with two attached hydrogens (primary N) is 2. The van der Waals surface area contributed by atoms with Gasteiger partial charge in [0.05, 0.1) is 12.5 Å². The van der Waals surface area contributed by atoms with Crippen LogP contribution in [0.15, 0.2) is 0 Å². The van der Waals surface area contributed by atoms with Gasteiger partial charge in [0.15, 0.2) is 0 Å². The molecule has 7 N–H and O–H groups in total. The number of nitrogens with one attached hydrogen (secondary N) is 1. The SMILES string of the molecule is NC(=O)CCC(N)C(=O)N1CCCC1C(=O)NC(CC(=O)O)C(=O)O. The maximum atomic E-state index is 12.3. The van der Waals surface area contributed by atoms with E-state index >= 15 is 0 Å². The van der Waals surface area contributed by atoms with Crippen molar-refractivity contribution in [1.82, 2.24) is 10.2 Å². The van der Waals surface area contributed by atoms with Crippen LogP contribution in [0.2, 0.25) is 0 Å². The maximum absolute atomic E-state index is 12.3. The fourth-order valence-corrected chi connectivity index (χ4v) is 2.58. The third kappa shape index (κ3) is 6.03. The summed E-state index contributed by atoms with van der Waals surface area (Å²) in [6, 6.07) is -3.52. The van der Waals surface area contributed by atoms with Crippen molar-refractivity contribution in [2.45, 2.75) is 50.2 Å². The van der Waals surface area contributed by atoms with Gasteiger partial charge in [0.25, 0.3) is 0 Å². The molecule has 11 nitrogen and oxygen atoms in total. The van der Waals surface area contributed by atoms with E-state index in [0.29, 0.717) is 12.8 Å². The van der Waals surface area contributed by atoms with E-state index in [4.69, 9.17) is 21.7 Å².